The lowest BCUT2D eigenvalue weighted by Gasteiger charge is -2.30. The summed E-state index contributed by atoms with van der Waals surface area (Å²) in [5.74, 6) is 1.80. The van der Waals surface area contributed by atoms with Crippen molar-refractivity contribution in [3.05, 3.63) is 76.5 Å². The molecule has 1 aliphatic heterocycles. The minimum atomic E-state index is -0.0577. The number of hydrogen-bond acceptors (Lipinski definition) is 5. The number of ether oxygens (including phenoxy) is 1. The SMILES string of the molecule is CCn1c(C2CCN(CC(=O)Nc3ccc(OC)cc3)CC2)nn(Cc2ccccc2)c1=O. The molecule has 0 unspecified atom stereocenters. The number of aromatic nitrogens is 3. The number of piperidine rings is 1. The summed E-state index contributed by atoms with van der Waals surface area (Å²) in [6.45, 7) is 5.01. The number of anilines is 1. The van der Waals surface area contributed by atoms with Gasteiger partial charge in [-0.3, -0.25) is 14.3 Å². The van der Waals surface area contributed by atoms with Crippen LogP contribution in [0.2, 0.25) is 0 Å². The lowest BCUT2D eigenvalue weighted by Crippen LogP contribution is -2.39. The van der Waals surface area contributed by atoms with Gasteiger partial charge >= 0.3 is 5.69 Å². The van der Waals surface area contributed by atoms with Crippen LogP contribution in [0.5, 0.6) is 5.75 Å². The van der Waals surface area contributed by atoms with Crippen LogP contribution in [0.4, 0.5) is 5.69 Å². The largest absolute Gasteiger partial charge is 0.497 e. The molecule has 33 heavy (non-hydrogen) atoms. The van der Waals surface area contributed by atoms with Crippen molar-refractivity contribution < 1.29 is 9.53 Å². The predicted molar refractivity (Wildman–Crippen MR) is 128 cm³/mol. The number of nitrogens with zero attached hydrogens (tertiary/aromatic N) is 4. The van der Waals surface area contributed by atoms with Gasteiger partial charge in [-0.15, -0.1) is 0 Å². The quantitative estimate of drug-likeness (QED) is 0.572. The van der Waals surface area contributed by atoms with Crippen molar-refractivity contribution in [1.82, 2.24) is 19.2 Å². The van der Waals surface area contributed by atoms with Crippen LogP contribution in [-0.2, 0) is 17.9 Å². The van der Waals surface area contributed by atoms with Gasteiger partial charge in [0, 0.05) is 18.2 Å². The molecule has 2 aromatic carbocycles. The Morgan fingerprint density at radius 1 is 1.09 bits per heavy atom. The highest BCUT2D eigenvalue weighted by atomic mass is 16.5. The maximum atomic E-state index is 12.9. The number of methoxy groups -OCH3 is 1. The molecule has 0 radical (unpaired) electrons. The van der Waals surface area contributed by atoms with Crippen molar-refractivity contribution in [2.75, 3.05) is 32.1 Å². The lowest BCUT2D eigenvalue weighted by molar-refractivity contribution is -0.117. The van der Waals surface area contributed by atoms with Crippen LogP contribution in [0, 0.1) is 0 Å². The number of carbonyl (C=O) groups is 1. The Bertz CT molecular complexity index is 1110. The van der Waals surface area contributed by atoms with Crippen LogP contribution >= 0.6 is 0 Å². The molecule has 1 aromatic heterocycles. The molecule has 1 fully saturated rings. The summed E-state index contributed by atoms with van der Waals surface area (Å²) in [6, 6.07) is 17.2. The molecule has 1 N–H and O–H groups in total. The van der Waals surface area contributed by atoms with Crippen molar-refractivity contribution >= 4 is 11.6 Å². The number of nitrogens with one attached hydrogen (secondary N) is 1. The first-order valence-electron chi connectivity index (χ1n) is 11.4. The number of rotatable bonds is 8. The van der Waals surface area contributed by atoms with Gasteiger partial charge in [0.05, 0.1) is 20.2 Å². The molecule has 3 aromatic rings. The van der Waals surface area contributed by atoms with Crippen LogP contribution in [0.15, 0.2) is 59.4 Å². The van der Waals surface area contributed by atoms with Crippen LogP contribution < -0.4 is 15.7 Å². The van der Waals surface area contributed by atoms with Gasteiger partial charge in [-0.25, -0.2) is 9.48 Å². The lowest BCUT2D eigenvalue weighted by atomic mass is 9.96. The highest BCUT2D eigenvalue weighted by molar-refractivity contribution is 5.92. The van der Waals surface area contributed by atoms with E-state index >= 15 is 0 Å². The van der Waals surface area contributed by atoms with E-state index in [4.69, 9.17) is 9.84 Å². The van der Waals surface area contributed by atoms with Gasteiger partial charge in [0.1, 0.15) is 11.6 Å². The number of amides is 1. The number of likely N-dealkylation sites (tertiary alicyclic amines) is 1. The van der Waals surface area contributed by atoms with E-state index in [1.54, 1.807) is 16.4 Å². The molecule has 174 valence electrons. The minimum absolute atomic E-state index is 0.0313. The first-order chi connectivity index (χ1) is 16.1. The molecule has 8 nitrogen and oxygen atoms in total. The zero-order valence-electron chi connectivity index (χ0n) is 19.2. The zero-order valence-corrected chi connectivity index (χ0v) is 19.2. The third-order valence-corrected chi connectivity index (χ3v) is 6.14. The highest BCUT2D eigenvalue weighted by Gasteiger charge is 2.27. The fourth-order valence-electron chi connectivity index (χ4n) is 4.34. The summed E-state index contributed by atoms with van der Waals surface area (Å²) in [4.78, 5) is 27.5. The maximum Gasteiger partial charge on any atom is 0.346 e. The Balaban J connectivity index is 1.34. The topological polar surface area (TPSA) is 81.4 Å². The van der Waals surface area contributed by atoms with Crippen LogP contribution in [0.1, 0.15) is 37.1 Å². The summed E-state index contributed by atoms with van der Waals surface area (Å²) in [7, 11) is 1.62. The number of benzene rings is 2. The van der Waals surface area contributed by atoms with Crippen LogP contribution in [0.25, 0.3) is 0 Å². The van der Waals surface area contributed by atoms with E-state index in [-0.39, 0.29) is 17.5 Å². The third-order valence-electron chi connectivity index (χ3n) is 6.14. The van der Waals surface area contributed by atoms with Crippen LogP contribution in [0.3, 0.4) is 0 Å². The van der Waals surface area contributed by atoms with E-state index in [1.165, 1.54) is 0 Å². The fourth-order valence-corrected chi connectivity index (χ4v) is 4.34. The van der Waals surface area contributed by atoms with E-state index in [0.717, 1.165) is 48.8 Å². The average molecular weight is 450 g/mol. The van der Waals surface area contributed by atoms with Crippen molar-refractivity contribution in [3.8, 4) is 5.75 Å². The summed E-state index contributed by atoms with van der Waals surface area (Å²) in [5, 5.41) is 7.65. The van der Waals surface area contributed by atoms with Crippen molar-refractivity contribution in [2.24, 2.45) is 0 Å². The molecule has 1 aliphatic rings. The highest BCUT2D eigenvalue weighted by Crippen LogP contribution is 2.26. The molecule has 0 saturated carbocycles. The van der Waals surface area contributed by atoms with Gasteiger partial charge in [-0.1, -0.05) is 30.3 Å². The first kappa shape index (κ1) is 22.8. The van der Waals surface area contributed by atoms with Crippen molar-refractivity contribution in [2.45, 2.75) is 38.8 Å². The zero-order chi connectivity index (χ0) is 23.2. The van der Waals surface area contributed by atoms with E-state index in [9.17, 15) is 9.59 Å². The monoisotopic (exact) mass is 449 g/mol. The van der Waals surface area contributed by atoms with E-state index < -0.39 is 0 Å². The molecule has 2 heterocycles. The average Bonchev–Trinajstić information content (AvgIpc) is 3.15. The Kier molecular flexibility index (Phi) is 7.24. The smallest absolute Gasteiger partial charge is 0.346 e. The molecule has 0 spiro atoms. The first-order valence-corrected chi connectivity index (χ1v) is 11.4. The van der Waals surface area contributed by atoms with Gasteiger partial charge < -0.3 is 10.1 Å². The normalized spacial score (nSPS) is 14.8. The summed E-state index contributed by atoms with van der Waals surface area (Å²) >= 11 is 0. The standard InChI is InChI=1S/C25H31N5O3/c1-3-29-24(27-30(25(29)32)17-19-7-5-4-6-8-19)20-13-15-28(16-14-20)18-23(31)26-21-9-11-22(33-2)12-10-21/h4-12,20H,3,13-18H2,1-2H3,(H,26,31). The molecule has 0 bridgehead atoms. The van der Waals surface area contributed by atoms with Gasteiger partial charge in [0.2, 0.25) is 5.91 Å². The molecule has 0 aliphatic carbocycles. The van der Waals surface area contributed by atoms with E-state index in [1.807, 2.05) is 61.5 Å². The predicted octanol–water partition coefficient (Wildman–Crippen LogP) is 2.94. The number of hydrogen-bond donors (Lipinski definition) is 1. The van der Waals surface area contributed by atoms with Gasteiger partial charge in [-0.05, 0) is 62.7 Å². The molecule has 4 rings (SSSR count). The third kappa shape index (κ3) is 5.51. The Hall–Kier alpha value is -3.39. The Morgan fingerprint density at radius 3 is 2.42 bits per heavy atom. The fraction of sp³-hybridized carbons (Fsp3) is 0.400. The molecule has 1 saturated heterocycles. The molecule has 8 heteroatoms. The molecular formula is C25H31N5O3. The van der Waals surface area contributed by atoms with Gasteiger partial charge in [0.25, 0.3) is 0 Å². The Morgan fingerprint density at radius 2 is 1.79 bits per heavy atom. The minimum Gasteiger partial charge on any atom is -0.497 e. The number of carbonyl (C=O) groups excluding carboxylic acids is 1. The van der Waals surface area contributed by atoms with E-state index in [0.29, 0.717) is 19.6 Å². The summed E-state index contributed by atoms with van der Waals surface area (Å²) < 4.78 is 8.51. The summed E-state index contributed by atoms with van der Waals surface area (Å²) in [5.41, 5.74) is 1.76. The van der Waals surface area contributed by atoms with E-state index in [2.05, 4.69) is 10.2 Å². The maximum absolute atomic E-state index is 12.9. The second-order valence-corrected chi connectivity index (χ2v) is 8.36. The molecular weight excluding hydrogens is 418 g/mol. The van der Waals surface area contributed by atoms with Gasteiger partial charge in [0.15, 0.2) is 0 Å². The molecule has 0 atom stereocenters. The van der Waals surface area contributed by atoms with Crippen LogP contribution in [-0.4, -0.2) is 51.9 Å². The Labute approximate surface area is 193 Å². The summed E-state index contributed by atoms with van der Waals surface area (Å²) in [6.07, 6.45) is 1.75. The molecule has 1 amide bonds. The second kappa shape index (κ2) is 10.5. The van der Waals surface area contributed by atoms with Crippen molar-refractivity contribution in [3.63, 3.8) is 0 Å². The van der Waals surface area contributed by atoms with Crippen molar-refractivity contribution in [1.29, 1.82) is 0 Å². The second-order valence-electron chi connectivity index (χ2n) is 8.36. The van der Waals surface area contributed by atoms with Gasteiger partial charge in [-0.2, -0.15) is 5.10 Å².